The maximum Gasteiger partial charge on any atom is 0.235 e. The van der Waals surface area contributed by atoms with Crippen molar-refractivity contribution in [2.24, 2.45) is 0 Å². The number of hydrogen-bond donors (Lipinski definition) is 0. The summed E-state index contributed by atoms with van der Waals surface area (Å²) in [5.74, 6) is -0.384. The Kier molecular flexibility index (Phi) is 4.39. The number of hydrogen-bond acceptors (Lipinski definition) is 4. The van der Waals surface area contributed by atoms with Crippen LogP contribution in [0.2, 0.25) is 0 Å². The summed E-state index contributed by atoms with van der Waals surface area (Å²) in [5, 5.41) is 10.2. The highest BCUT2D eigenvalue weighted by atomic mass is 19.1. The summed E-state index contributed by atoms with van der Waals surface area (Å²) in [7, 11) is 0. The van der Waals surface area contributed by atoms with Gasteiger partial charge in [0.05, 0.1) is 4.92 Å². The molecule has 2 aromatic rings. The topological polar surface area (TPSA) is 65.3 Å². The van der Waals surface area contributed by atoms with Gasteiger partial charge in [-0.3, -0.25) is 10.1 Å². The van der Waals surface area contributed by atoms with E-state index in [2.05, 4.69) is 4.98 Å². The van der Waals surface area contributed by atoms with Crippen LogP contribution in [0.15, 0.2) is 48.7 Å². The Morgan fingerprint density at radius 2 is 2.00 bits per heavy atom. The third-order valence-corrected chi connectivity index (χ3v) is 2.44. The van der Waals surface area contributed by atoms with E-state index in [-0.39, 0.29) is 12.5 Å². The Morgan fingerprint density at radius 1 is 1.25 bits per heavy atom. The Balaban J connectivity index is 1.95. The number of pyridine rings is 1. The van der Waals surface area contributed by atoms with E-state index in [9.17, 15) is 14.5 Å². The molecule has 0 aliphatic carbocycles. The van der Waals surface area contributed by atoms with Gasteiger partial charge in [0.1, 0.15) is 6.61 Å². The molecule has 1 aromatic heterocycles. The van der Waals surface area contributed by atoms with Crippen molar-refractivity contribution in [3.8, 4) is 5.88 Å². The highest BCUT2D eigenvalue weighted by Gasteiger charge is 1.99. The van der Waals surface area contributed by atoms with Crippen LogP contribution in [0.25, 0.3) is 6.08 Å². The van der Waals surface area contributed by atoms with Crippen molar-refractivity contribution in [3.05, 3.63) is 75.9 Å². The summed E-state index contributed by atoms with van der Waals surface area (Å²) >= 11 is 0. The van der Waals surface area contributed by atoms with E-state index in [0.717, 1.165) is 11.8 Å². The molecule has 0 fully saturated rings. The van der Waals surface area contributed by atoms with Crippen LogP contribution in [0.5, 0.6) is 5.88 Å². The zero-order chi connectivity index (χ0) is 14.4. The van der Waals surface area contributed by atoms with Crippen molar-refractivity contribution in [2.45, 2.75) is 6.61 Å². The summed E-state index contributed by atoms with van der Waals surface area (Å²) in [6, 6.07) is 11.3. The van der Waals surface area contributed by atoms with Gasteiger partial charge in [-0.15, -0.1) is 0 Å². The monoisotopic (exact) mass is 274 g/mol. The molecule has 5 nitrogen and oxygen atoms in total. The molecule has 0 unspecified atom stereocenters. The molecule has 0 radical (unpaired) electrons. The Labute approximate surface area is 114 Å². The van der Waals surface area contributed by atoms with Crippen molar-refractivity contribution in [1.29, 1.82) is 0 Å². The fourth-order valence-electron chi connectivity index (χ4n) is 1.50. The fraction of sp³-hybridized carbons (Fsp3) is 0.0714. The van der Waals surface area contributed by atoms with E-state index in [4.69, 9.17) is 4.74 Å². The minimum absolute atomic E-state index is 0.210. The highest BCUT2D eigenvalue weighted by Crippen LogP contribution is 2.11. The van der Waals surface area contributed by atoms with Gasteiger partial charge in [0, 0.05) is 12.1 Å². The number of nitro groups is 1. The van der Waals surface area contributed by atoms with Gasteiger partial charge >= 0.3 is 0 Å². The van der Waals surface area contributed by atoms with Gasteiger partial charge in [0.2, 0.25) is 18.0 Å². The number of aromatic nitrogens is 1. The van der Waals surface area contributed by atoms with Crippen molar-refractivity contribution >= 4 is 6.08 Å². The molecule has 0 atom stereocenters. The second-order valence-corrected chi connectivity index (χ2v) is 3.93. The van der Waals surface area contributed by atoms with Gasteiger partial charge in [0.25, 0.3) is 0 Å². The van der Waals surface area contributed by atoms with Crippen LogP contribution in [-0.4, -0.2) is 9.91 Å². The second kappa shape index (κ2) is 6.42. The van der Waals surface area contributed by atoms with Gasteiger partial charge in [-0.1, -0.05) is 30.3 Å². The molecule has 0 aliphatic heterocycles. The predicted molar refractivity (Wildman–Crippen MR) is 71.0 cm³/mol. The van der Waals surface area contributed by atoms with Gasteiger partial charge < -0.3 is 4.74 Å². The van der Waals surface area contributed by atoms with E-state index in [1.165, 1.54) is 18.2 Å². The van der Waals surface area contributed by atoms with E-state index in [1.54, 1.807) is 30.3 Å². The normalized spacial score (nSPS) is 10.7. The third kappa shape index (κ3) is 4.16. The maximum atomic E-state index is 12.8. The Hall–Kier alpha value is -2.76. The zero-order valence-corrected chi connectivity index (χ0v) is 10.4. The van der Waals surface area contributed by atoms with E-state index in [1.807, 2.05) is 0 Å². The van der Waals surface area contributed by atoms with Crippen LogP contribution < -0.4 is 4.74 Å². The maximum absolute atomic E-state index is 12.8. The number of benzene rings is 1. The zero-order valence-electron chi connectivity index (χ0n) is 10.4. The van der Waals surface area contributed by atoms with E-state index >= 15 is 0 Å². The van der Waals surface area contributed by atoms with Crippen LogP contribution in [0.4, 0.5) is 4.39 Å². The summed E-state index contributed by atoms with van der Waals surface area (Å²) in [5.41, 5.74) is 1.57. The molecule has 2 rings (SSSR count). The Bertz CT molecular complexity index is 627. The van der Waals surface area contributed by atoms with Crippen LogP contribution in [0.1, 0.15) is 11.1 Å². The lowest BCUT2D eigenvalue weighted by molar-refractivity contribution is -0.400. The number of halogens is 1. The molecule has 0 saturated heterocycles. The van der Waals surface area contributed by atoms with Crippen molar-refractivity contribution in [1.82, 2.24) is 4.98 Å². The first-order valence-electron chi connectivity index (χ1n) is 5.79. The lowest BCUT2D eigenvalue weighted by Crippen LogP contribution is -1.98. The molecule has 0 bridgehead atoms. The highest BCUT2D eigenvalue weighted by molar-refractivity contribution is 5.48. The van der Waals surface area contributed by atoms with Crippen LogP contribution in [0, 0.1) is 16.1 Å². The van der Waals surface area contributed by atoms with Gasteiger partial charge in [0.15, 0.2) is 0 Å². The smallest absolute Gasteiger partial charge is 0.235 e. The molecule has 0 N–H and O–H groups in total. The summed E-state index contributed by atoms with van der Waals surface area (Å²) in [4.78, 5) is 13.2. The standard InChI is InChI=1S/C14H11FN2O3/c15-13-2-1-3-14(16-13)20-10-12-6-4-11(5-7-12)8-9-17(18)19/h1-9H,10H2/b9-8+. The van der Waals surface area contributed by atoms with Crippen LogP contribution in [0.3, 0.4) is 0 Å². The first-order chi connectivity index (χ1) is 9.63. The second-order valence-electron chi connectivity index (χ2n) is 3.93. The first kappa shape index (κ1) is 13.7. The van der Waals surface area contributed by atoms with Gasteiger partial charge in [-0.25, -0.2) is 0 Å². The SMILES string of the molecule is O=[N+]([O-])/C=C/c1ccc(COc2cccc(F)n2)cc1. The minimum atomic E-state index is -0.595. The summed E-state index contributed by atoms with van der Waals surface area (Å²) in [6.45, 7) is 0.246. The molecule has 0 saturated carbocycles. The molecular formula is C14H11FN2O3. The van der Waals surface area contributed by atoms with Crippen LogP contribution in [-0.2, 0) is 6.61 Å². The first-order valence-corrected chi connectivity index (χ1v) is 5.79. The Morgan fingerprint density at radius 3 is 2.65 bits per heavy atom. The molecule has 0 spiro atoms. The largest absolute Gasteiger partial charge is 0.473 e. The lowest BCUT2D eigenvalue weighted by atomic mass is 10.1. The number of ether oxygens (including phenoxy) is 1. The number of nitrogens with zero attached hydrogens (tertiary/aromatic N) is 2. The molecule has 6 heteroatoms. The average molecular weight is 274 g/mol. The summed E-state index contributed by atoms with van der Waals surface area (Å²) in [6.07, 6.45) is 2.28. The predicted octanol–water partition coefficient (Wildman–Crippen LogP) is 3.05. The van der Waals surface area contributed by atoms with Gasteiger partial charge in [-0.05, 0) is 17.2 Å². The van der Waals surface area contributed by atoms with Crippen molar-refractivity contribution in [3.63, 3.8) is 0 Å². The molecule has 102 valence electrons. The molecule has 1 aromatic carbocycles. The van der Waals surface area contributed by atoms with E-state index in [0.29, 0.717) is 5.56 Å². The summed E-state index contributed by atoms with van der Waals surface area (Å²) < 4.78 is 18.2. The van der Waals surface area contributed by atoms with Crippen molar-refractivity contribution in [2.75, 3.05) is 0 Å². The van der Waals surface area contributed by atoms with Crippen LogP contribution >= 0.6 is 0 Å². The lowest BCUT2D eigenvalue weighted by Gasteiger charge is -2.05. The quantitative estimate of drug-likeness (QED) is 0.477. The third-order valence-electron chi connectivity index (χ3n) is 2.44. The number of rotatable bonds is 5. The fourth-order valence-corrected chi connectivity index (χ4v) is 1.50. The molecule has 1 heterocycles. The molecular weight excluding hydrogens is 263 g/mol. The van der Waals surface area contributed by atoms with Crippen molar-refractivity contribution < 1.29 is 14.1 Å². The molecule has 0 amide bonds. The van der Waals surface area contributed by atoms with Gasteiger partial charge in [-0.2, -0.15) is 9.37 Å². The molecule has 20 heavy (non-hydrogen) atoms. The molecule has 0 aliphatic rings. The minimum Gasteiger partial charge on any atom is -0.473 e. The average Bonchev–Trinajstić information content (AvgIpc) is 2.44. The van der Waals surface area contributed by atoms with E-state index < -0.39 is 10.9 Å².